The van der Waals surface area contributed by atoms with Crippen LogP contribution in [0.15, 0.2) is 17.7 Å². The van der Waals surface area contributed by atoms with Gasteiger partial charge in [0.15, 0.2) is 11.5 Å². The Morgan fingerprint density at radius 2 is 2.24 bits per heavy atom. The molecule has 0 saturated carbocycles. The lowest BCUT2D eigenvalue weighted by Crippen LogP contribution is -2.30. The number of amides is 1. The molecule has 0 aliphatic carbocycles. The monoisotopic (exact) mass is 400 g/mol. The van der Waals surface area contributed by atoms with Gasteiger partial charge in [0.05, 0.1) is 10.2 Å². The van der Waals surface area contributed by atoms with E-state index in [1.165, 1.54) is 6.08 Å². The van der Waals surface area contributed by atoms with Gasteiger partial charge in [0.1, 0.15) is 11.6 Å². The van der Waals surface area contributed by atoms with E-state index in [0.717, 1.165) is 0 Å². The van der Waals surface area contributed by atoms with E-state index in [2.05, 4.69) is 5.32 Å². The lowest BCUT2D eigenvalue weighted by molar-refractivity contribution is -0.117. The second-order valence-corrected chi connectivity index (χ2v) is 5.74. The molecular weight excluding hydrogens is 383 g/mol. The molecule has 1 aromatic carbocycles. The van der Waals surface area contributed by atoms with Crippen LogP contribution in [-0.4, -0.2) is 23.7 Å². The van der Waals surface area contributed by atoms with E-state index in [0.29, 0.717) is 21.5 Å². The molecule has 0 aliphatic heterocycles. The molecule has 2 N–H and O–H groups in total. The van der Waals surface area contributed by atoms with E-state index in [4.69, 9.17) is 10.00 Å². The lowest BCUT2D eigenvalue weighted by atomic mass is 10.1. The molecule has 1 amide bonds. The molecule has 6 heteroatoms. The molecule has 112 valence electrons. The Morgan fingerprint density at radius 3 is 2.76 bits per heavy atom. The first-order chi connectivity index (χ1) is 9.88. The zero-order valence-electron chi connectivity index (χ0n) is 12.1. The molecular formula is C15H17IN2O3. The van der Waals surface area contributed by atoms with Crippen molar-refractivity contribution in [2.24, 2.45) is 0 Å². The van der Waals surface area contributed by atoms with E-state index in [9.17, 15) is 9.90 Å². The molecule has 0 bridgehead atoms. The Kier molecular flexibility index (Phi) is 6.49. The largest absolute Gasteiger partial charge is 0.504 e. The topological polar surface area (TPSA) is 82.3 Å². The minimum absolute atomic E-state index is 0.00707. The molecule has 0 spiro atoms. The van der Waals surface area contributed by atoms with Crippen molar-refractivity contribution in [3.05, 3.63) is 26.8 Å². The SMILES string of the molecule is CCOc1cc(C=C(C#N)C(=O)NC(C)C)cc(I)c1O. The smallest absolute Gasteiger partial charge is 0.262 e. The van der Waals surface area contributed by atoms with Crippen molar-refractivity contribution in [1.29, 1.82) is 5.26 Å². The standard InChI is InChI=1S/C15H17IN2O3/c1-4-21-13-7-10(6-12(16)14(13)19)5-11(8-17)15(20)18-9(2)3/h5-7,9,19H,4H2,1-3H3,(H,18,20). The van der Waals surface area contributed by atoms with Gasteiger partial charge in [0, 0.05) is 6.04 Å². The fourth-order valence-electron chi connectivity index (χ4n) is 1.60. The Balaban J connectivity index is 3.17. The normalized spacial score (nSPS) is 11.1. The number of carbonyl (C=O) groups is 1. The molecule has 1 rings (SSSR count). The van der Waals surface area contributed by atoms with Gasteiger partial charge in [0.2, 0.25) is 0 Å². The van der Waals surface area contributed by atoms with Crippen LogP contribution in [0.1, 0.15) is 26.3 Å². The number of hydrogen-bond donors (Lipinski definition) is 2. The lowest BCUT2D eigenvalue weighted by Gasteiger charge is -2.10. The second-order valence-electron chi connectivity index (χ2n) is 4.58. The predicted octanol–water partition coefficient (Wildman–Crippen LogP) is 2.83. The van der Waals surface area contributed by atoms with Gasteiger partial charge < -0.3 is 15.2 Å². The van der Waals surface area contributed by atoms with Crippen LogP contribution in [0.3, 0.4) is 0 Å². The van der Waals surface area contributed by atoms with Crippen LogP contribution in [0.5, 0.6) is 11.5 Å². The predicted molar refractivity (Wildman–Crippen MR) is 88.9 cm³/mol. The van der Waals surface area contributed by atoms with E-state index in [1.807, 2.05) is 49.4 Å². The van der Waals surface area contributed by atoms with Gasteiger partial charge in [-0.1, -0.05) is 0 Å². The van der Waals surface area contributed by atoms with Crippen molar-refractivity contribution >= 4 is 34.6 Å². The van der Waals surface area contributed by atoms with Crippen LogP contribution in [0.2, 0.25) is 0 Å². The number of ether oxygens (including phenoxy) is 1. The first-order valence-corrected chi connectivity index (χ1v) is 7.54. The molecule has 0 unspecified atom stereocenters. The van der Waals surface area contributed by atoms with Crippen molar-refractivity contribution in [3.8, 4) is 17.6 Å². The number of hydrogen-bond acceptors (Lipinski definition) is 4. The maximum atomic E-state index is 11.9. The maximum Gasteiger partial charge on any atom is 0.262 e. The van der Waals surface area contributed by atoms with Gasteiger partial charge in [-0.2, -0.15) is 5.26 Å². The van der Waals surface area contributed by atoms with Gasteiger partial charge in [-0.05, 0) is 67.1 Å². The fraction of sp³-hybridized carbons (Fsp3) is 0.333. The third kappa shape index (κ3) is 4.93. The van der Waals surface area contributed by atoms with Crippen LogP contribution in [0.4, 0.5) is 0 Å². The van der Waals surface area contributed by atoms with Crippen LogP contribution in [0, 0.1) is 14.9 Å². The number of rotatable bonds is 5. The summed E-state index contributed by atoms with van der Waals surface area (Å²) in [6.07, 6.45) is 1.47. The molecule has 0 aromatic heterocycles. The number of nitriles is 1. The number of nitrogens with zero attached hydrogens (tertiary/aromatic N) is 1. The summed E-state index contributed by atoms with van der Waals surface area (Å²) in [5, 5.41) is 21.6. The highest BCUT2D eigenvalue weighted by Crippen LogP contribution is 2.33. The van der Waals surface area contributed by atoms with Crippen molar-refractivity contribution in [1.82, 2.24) is 5.32 Å². The van der Waals surface area contributed by atoms with Crippen molar-refractivity contribution in [3.63, 3.8) is 0 Å². The highest BCUT2D eigenvalue weighted by molar-refractivity contribution is 14.1. The number of phenolic OH excluding ortho intramolecular Hbond substituents is 1. The van der Waals surface area contributed by atoms with E-state index in [-0.39, 0.29) is 17.4 Å². The van der Waals surface area contributed by atoms with Crippen LogP contribution < -0.4 is 10.1 Å². The Hall–Kier alpha value is -1.75. The Bertz CT molecular complexity index is 604. The molecule has 21 heavy (non-hydrogen) atoms. The van der Waals surface area contributed by atoms with E-state index < -0.39 is 5.91 Å². The summed E-state index contributed by atoms with van der Waals surface area (Å²) in [5.74, 6) is -0.0366. The number of benzene rings is 1. The van der Waals surface area contributed by atoms with Crippen LogP contribution >= 0.6 is 22.6 Å². The highest BCUT2D eigenvalue weighted by Gasteiger charge is 2.12. The minimum atomic E-state index is -0.423. The highest BCUT2D eigenvalue weighted by atomic mass is 127. The first-order valence-electron chi connectivity index (χ1n) is 6.47. The summed E-state index contributed by atoms with van der Waals surface area (Å²) < 4.78 is 5.92. The Labute approximate surface area is 137 Å². The average Bonchev–Trinajstić information content (AvgIpc) is 2.40. The maximum absolute atomic E-state index is 11.9. The van der Waals surface area contributed by atoms with Crippen molar-refractivity contribution in [2.75, 3.05) is 6.61 Å². The third-order valence-corrected chi connectivity index (χ3v) is 3.27. The number of phenols is 1. The second kappa shape index (κ2) is 7.88. The zero-order chi connectivity index (χ0) is 16.0. The van der Waals surface area contributed by atoms with Gasteiger partial charge in [-0.3, -0.25) is 4.79 Å². The summed E-state index contributed by atoms with van der Waals surface area (Å²) in [7, 11) is 0. The van der Waals surface area contributed by atoms with Gasteiger partial charge >= 0.3 is 0 Å². The molecule has 0 aliphatic rings. The van der Waals surface area contributed by atoms with E-state index >= 15 is 0 Å². The van der Waals surface area contributed by atoms with Crippen LogP contribution in [0.25, 0.3) is 6.08 Å². The first kappa shape index (κ1) is 17.3. The molecule has 0 saturated heterocycles. The number of halogens is 1. The van der Waals surface area contributed by atoms with Crippen molar-refractivity contribution < 1.29 is 14.6 Å². The molecule has 0 heterocycles. The number of nitrogens with one attached hydrogen (secondary N) is 1. The van der Waals surface area contributed by atoms with Crippen molar-refractivity contribution in [2.45, 2.75) is 26.8 Å². The Morgan fingerprint density at radius 1 is 1.57 bits per heavy atom. The number of carbonyl (C=O) groups excluding carboxylic acids is 1. The summed E-state index contributed by atoms with van der Waals surface area (Å²) in [6.45, 7) is 5.87. The zero-order valence-corrected chi connectivity index (χ0v) is 14.3. The average molecular weight is 400 g/mol. The van der Waals surface area contributed by atoms with E-state index in [1.54, 1.807) is 12.1 Å². The van der Waals surface area contributed by atoms with Gasteiger partial charge in [0.25, 0.3) is 5.91 Å². The van der Waals surface area contributed by atoms with Gasteiger partial charge in [-0.25, -0.2) is 0 Å². The van der Waals surface area contributed by atoms with Crippen LogP contribution in [-0.2, 0) is 4.79 Å². The molecule has 1 aromatic rings. The number of aromatic hydroxyl groups is 1. The molecule has 0 radical (unpaired) electrons. The fourth-order valence-corrected chi connectivity index (χ4v) is 2.22. The third-order valence-electron chi connectivity index (χ3n) is 2.45. The minimum Gasteiger partial charge on any atom is -0.504 e. The summed E-state index contributed by atoms with van der Waals surface area (Å²) >= 11 is 1.97. The summed E-state index contributed by atoms with van der Waals surface area (Å²) in [4.78, 5) is 11.9. The molecule has 0 fully saturated rings. The quantitative estimate of drug-likeness (QED) is 0.453. The molecule has 5 nitrogen and oxygen atoms in total. The van der Waals surface area contributed by atoms with Gasteiger partial charge in [-0.15, -0.1) is 0 Å². The summed E-state index contributed by atoms with van der Waals surface area (Å²) in [5.41, 5.74) is 0.628. The molecule has 0 atom stereocenters. The summed E-state index contributed by atoms with van der Waals surface area (Å²) in [6, 6.07) is 5.11.